The third-order valence-electron chi connectivity index (χ3n) is 2.84. The summed E-state index contributed by atoms with van der Waals surface area (Å²) in [7, 11) is 1.61. The summed E-state index contributed by atoms with van der Waals surface area (Å²) in [5.74, 6) is -0.0424. The zero-order valence-corrected chi connectivity index (χ0v) is 11.1. The summed E-state index contributed by atoms with van der Waals surface area (Å²) in [5, 5.41) is 0. The van der Waals surface area contributed by atoms with Gasteiger partial charge in [0, 0.05) is 20.0 Å². The highest BCUT2D eigenvalue weighted by Crippen LogP contribution is 2.29. The number of carbonyl (C=O) groups is 1. The molecule has 1 rings (SSSR count). The number of halogens is 3. The molecule has 0 aliphatic carbocycles. The van der Waals surface area contributed by atoms with Gasteiger partial charge in [0.05, 0.1) is 5.56 Å². The van der Waals surface area contributed by atoms with Crippen LogP contribution >= 0.6 is 0 Å². The Morgan fingerprint density at radius 1 is 1.32 bits per heavy atom. The lowest BCUT2D eigenvalue weighted by Gasteiger charge is -2.18. The Balaban J connectivity index is 2.69. The highest BCUT2D eigenvalue weighted by Gasteiger charge is 2.30. The Hall–Kier alpha value is -1.52. The molecule has 0 N–H and O–H groups in total. The van der Waals surface area contributed by atoms with Gasteiger partial charge in [0.1, 0.15) is 0 Å². The quantitative estimate of drug-likeness (QED) is 0.798. The highest BCUT2D eigenvalue weighted by atomic mass is 19.4. The van der Waals surface area contributed by atoms with Gasteiger partial charge in [-0.1, -0.05) is 25.5 Å². The summed E-state index contributed by atoms with van der Waals surface area (Å²) in [6.07, 6.45) is -2.19. The maximum absolute atomic E-state index is 12.5. The Morgan fingerprint density at radius 3 is 2.58 bits per heavy atom. The average molecular weight is 273 g/mol. The predicted molar refractivity (Wildman–Crippen MR) is 67.4 cm³/mol. The number of unbranched alkanes of at least 4 members (excludes halogenated alkanes) is 1. The average Bonchev–Trinajstić information content (AvgIpc) is 2.35. The lowest BCUT2D eigenvalue weighted by atomic mass is 10.1. The first-order valence-electron chi connectivity index (χ1n) is 6.24. The fraction of sp³-hybridized carbons (Fsp3) is 0.500. The molecule has 0 bridgehead atoms. The first kappa shape index (κ1) is 15.5. The minimum Gasteiger partial charge on any atom is -0.341 e. The minimum absolute atomic E-state index is 0.0424. The first-order chi connectivity index (χ1) is 8.84. The summed E-state index contributed by atoms with van der Waals surface area (Å²) in [6, 6.07) is 5.08. The van der Waals surface area contributed by atoms with Crippen molar-refractivity contribution in [1.29, 1.82) is 0 Å². The third-order valence-corrected chi connectivity index (χ3v) is 2.84. The van der Waals surface area contributed by atoms with Crippen LogP contribution in [0.15, 0.2) is 24.3 Å². The molecule has 106 valence electrons. The molecule has 0 aliphatic heterocycles. The van der Waals surface area contributed by atoms with Gasteiger partial charge in [-0.2, -0.15) is 13.2 Å². The SMILES string of the molecule is CCCCC(=O)N(C)Cc1cccc(C(F)(F)F)c1. The van der Waals surface area contributed by atoms with Crippen LogP contribution in [0.3, 0.4) is 0 Å². The van der Waals surface area contributed by atoms with Gasteiger partial charge in [-0.25, -0.2) is 0 Å². The number of rotatable bonds is 5. The van der Waals surface area contributed by atoms with E-state index in [0.717, 1.165) is 25.0 Å². The zero-order chi connectivity index (χ0) is 14.5. The van der Waals surface area contributed by atoms with Crippen LogP contribution in [0.4, 0.5) is 13.2 Å². The molecule has 0 aliphatic rings. The van der Waals surface area contributed by atoms with Gasteiger partial charge in [-0.15, -0.1) is 0 Å². The molecule has 0 aromatic heterocycles. The fourth-order valence-corrected chi connectivity index (χ4v) is 1.73. The number of benzene rings is 1. The number of nitrogens with zero attached hydrogens (tertiary/aromatic N) is 1. The van der Waals surface area contributed by atoms with Crippen molar-refractivity contribution < 1.29 is 18.0 Å². The molecule has 0 fully saturated rings. The summed E-state index contributed by atoms with van der Waals surface area (Å²) in [4.78, 5) is 13.2. The van der Waals surface area contributed by atoms with Gasteiger partial charge in [-0.3, -0.25) is 4.79 Å². The minimum atomic E-state index is -4.35. The van der Waals surface area contributed by atoms with E-state index < -0.39 is 11.7 Å². The molecular formula is C14H18F3NO. The number of amides is 1. The molecule has 0 radical (unpaired) electrons. The van der Waals surface area contributed by atoms with E-state index in [9.17, 15) is 18.0 Å². The van der Waals surface area contributed by atoms with Crippen molar-refractivity contribution in [3.8, 4) is 0 Å². The Bertz CT molecular complexity index is 429. The van der Waals surface area contributed by atoms with Gasteiger partial charge in [0.2, 0.25) is 5.91 Å². The molecule has 1 aromatic rings. The molecule has 5 heteroatoms. The molecule has 0 spiro atoms. The molecule has 2 nitrogen and oxygen atoms in total. The van der Waals surface area contributed by atoms with E-state index in [1.165, 1.54) is 11.0 Å². The molecular weight excluding hydrogens is 255 g/mol. The standard InChI is InChI=1S/C14H18F3NO/c1-3-4-8-13(19)18(2)10-11-6-5-7-12(9-11)14(15,16)17/h5-7,9H,3-4,8,10H2,1-2H3. The third kappa shape index (κ3) is 4.93. The molecule has 1 amide bonds. The molecule has 19 heavy (non-hydrogen) atoms. The van der Waals surface area contributed by atoms with Crippen molar-refractivity contribution in [2.75, 3.05) is 7.05 Å². The molecule has 0 unspecified atom stereocenters. The summed E-state index contributed by atoms with van der Waals surface area (Å²) < 4.78 is 37.6. The monoisotopic (exact) mass is 273 g/mol. The lowest BCUT2D eigenvalue weighted by Crippen LogP contribution is -2.26. The fourth-order valence-electron chi connectivity index (χ4n) is 1.73. The molecule has 0 atom stereocenters. The van der Waals surface area contributed by atoms with Crippen molar-refractivity contribution in [2.24, 2.45) is 0 Å². The Labute approximate surface area is 111 Å². The molecule has 0 saturated carbocycles. The number of alkyl halides is 3. The van der Waals surface area contributed by atoms with Crippen LogP contribution in [-0.4, -0.2) is 17.9 Å². The van der Waals surface area contributed by atoms with Gasteiger partial charge in [0.25, 0.3) is 0 Å². The Morgan fingerprint density at radius 2 is 2.00 bits per heavy atom. The van der Waals surface area contributed by atoms with E-state index in [-0.39, 0.29) is 12.5 Å². The largest absolute Gasteiger partial charge is 0.416 e. The summed E-state index contributed by atoms with van der Waals surface area (Å²) >= 11 is 0. The second-order valence-corrected chi connectivity index (χ2v) is 4.55. The number of carbonyl (C=O) groups excluding carboxylic acids is 1. The lowest BCUT2D eigenvalue weighted by molar-refractivity contribution is -0.137. The van der Waals surface area contributed by atoms with Crippen LogP contribution in [0.5, 0.6) is 0 Å². The van der Waals surface area contributed by atoms with Crippen LogP contribution in [0.1, 0.15) is 37.3 Å². The van der Waals surface area contributed by atoms with Gasteiger partial charge >= 0.3 is 6.18 Å². The van der Waals surface area contributed by atoms with E-state index in [0.29, 0.717) is 12.0 Å². The van der Waals surface area contributed by atoms with Crippen LogP contribution in [0, 0.1) is 0 Å². The number of hydrogen-bond acceptors (Lipinski definition) is 1. The van der Waals surface area contributed by atoms with Crippen LogP contribution < -0.4 is 0 Å². The van der Waals surface area contributed by atoms with Crippen LogP contribution in [0.25, 0.3) is 0 Å². The Kier molecular flexibility index (Phi) is 5.39. The first-order valence-corrected chi connectivity index (χ1v) is 6.24. The highest BCUT2D eigenvalue weighted by molar-refractivity contribution is 5.75. The van der Waals surface area contributed by atoms with Crippen molar-refractivity contribution >= 4 is 5.91 Å². The molecule has 0 heterocycles. The normalized spacial score (nSPS) is 11.4. The van der Waals surface area contributed by atoms with Crippen molar-refractivity contribution in [3.63, 3.8) is 0 Å². The van der Waals surface area contributed by atoms with E-state index in [2.05, 4.69) is 0 Å². The summed E-state index contributed by atoms with van der Waals surface area (Å²) in [6.45, 7) is 2.19. The maximum atomic E-state index is 12.5. The number of hydrogen-bond donors (Lipinski definition) is 0. The predicted octanol–water partition coefficient (Wildman–Crippen LogP) is 3.85. The van der Waals surface area contributed by atoms with Crippen LogP contribution in [-0.2, 0) is 17.5 Å². The van der Waals surface area contributed by atoms with E-state index in [1.54, 1.807) is 13.1 Å². The van der Waals surface area contributed by atoms with Gasteiger partial charge in [0.15, 0.2) is 0 Å². The molecule has 1 aromatic carbocycles. The van der Waals surface area contributed by atoms with E-state index in [1.807, 2.05) is 6.92 Å². The van der Waals surface area contributed by atoms with Crippen LogP contribution in [0.2, 0.25) is 0 Å². The zero-order valence-electron chi connectivity index (χ0n) is 11.1. The maximum Gasteiger partial charge on any atom is 0.416 e. The van der Waals surface area contributed by atoms with Crippen molar-refractivity contribution in [3.05, 3.63) is 35.4 Å². The second kappa shape index (κ2) is 6.59. The molecule has 0 saturated heterocycles. The van der Waals surface area contributed by atoms with Crippen molar-refractivity contribution in [2.45, 2.75) is 38.9 Å². The van der Waals surface area contributed by atoms with Gasteiger partial charge in [-0.05, 0) is 24.1 Å². The second-order valence-electron chi connectivity index (χ2n) is 4.55. The smallest absolute Gasteiger partial charge is 0.341 e. The summed E-state index contributed by atoms with van der Waals surface area (Å²) in [5.41, 5.74) is -0.193. The van der Waals surface area contributed by atoms with E-state index >= 15 is 0 Å². The van der Waals surface area contributed by atoms with Crippen molar-refractivity contribution in [1.82, 2.24) is 4.90 Å². The topological polar surface area (TPSA) is 20.3 Å². The van der Waals surface area contributed by atoms with Gasteiger partial charge < -0.3 is 4.90 Å². The van der Waals surface area contributed by atoms with E-state index in [4.69, 9.17) is 0 Å².